The first-order valence-electron chi connectivity index (χ1n) is 10.3. The summed E-state index contributed by atoms with van der Waals surface area (Å²) in [6, 6.07) is 14.9. The topological polar surface area (TPSA) is 108 Å². The predicted molar refractivity (Wildman–Crippen MR) is 116 cm³/mol. The normalized spacial score (nSPS) is 14.8. The number of hydrogen-bond acceptors (Lipinski definition) is 6. The third kappa shape index (κ3) is 4.83. The minimum Gasteiger partial charge on any atom is -0.377 e. The summed E-state index contributed by atoms with van der Waals surface area (Å²) in [5.41, 5.74) is 2.82. The van der Waals surface area contributed by atoms with Gasteiger partial charge in [-0.25, -0.2) is 4.68 Å². The monoisotopic (exact) mass is 426 g/mol. The smallest absolute Gasteiger partial charge is 0.226 e. The van der Waals surface area contributed by atoms with Crippen LogP contribution in [0, 0.1) is 30.1 Å². The van der Waals surface area contributed by atoms with E-state index in [1.165, 1.54) is 6.33 Å². The molecule has 4 rings (SSSR count). The minimum atomic E-state index is -1.14. The number of amides is 1. The molecule has 1 amide bonds. The molecule has 8 heteroatoms. The maximum absolute atomic E-state index is 12.7. The van der Waals surface area contributed by atoms with Crippen LogP contribution in [0.5, 0.6) is 0 Å². The summed E-state index contributed by atoms with van der Waals surface area (Å²) in [5.74, 6) is 6.02. The lowest BCUT2D eigenvalue weighted by Crippen LogP contribution is -2.46. The summed E-state index contributed by atoms with van der Waals surface area (Å²) in [6.07, 6.45) is 2.58. The van der Waals surface area contributed by atoms with Crippen molar-refractivity contribution < 1.29 is 9.90 Å². The Labute approximate surface area is 186 Å². The van der Waals surface area contributed by atoms with Crippen molar-refractivity contribution in [3.63, 3.8) is 0 Å². The fourth-order valence-electron chi connectivity index (χ4n) is 3.59. The predicted octanol–water partition coefficient (Wildman–Crippen LogP) is 1.79. The van der Waals surface area contributed by atoms with Gasteiger partial charge in [-0.1, -0.05) is 30.0 Å². The number of carbonyl (C=O) groups excluding carboxylic acids is 1. The van der Waals surface area contributed by atoms with E-state index in [0.29, 0.717) is 37.9 Å². The largest absolute Gasteiger partial charge is 0.377 e. The van der Waals surface area contributed by atoms with Crippen LogP contribution in [-0.2, 0) is 11.2 Å². The number of aromatic nitrogens is 4. The van der Waals surface area contributed by atoms with Crippen molar-refractivity contribution in [2.45, 2.75) is 31.8 Å². The highest BCUT2D eigenvalue weighted by atomic mass is 16.3. The molecular formula is C24H22N6O2. The Morgan fingerprint density at radius 2 is 1.94 bits per heavy atom. The van der Waals surface area contributed by atoms with Crippen molar-refractivity contribution >= 4 is 5.91 Å². The Kier molecular flexibility index (Phi) is 5.98. The maximum Gasteiger partial charge on any atom is 0.226 e. The molecule has 0 radical (unpaired) electrons. The van der Waals surface area contributed by atoms with E-state index in [4.69, 9.17) is 5.26 Å². The van der Waals surface area contributed by atoms with Gasteiger partial charge in [0.2, 0.25) is 5.91 Å². The van der Waals surface area contributed by atoms with Crippen LogP contribution in [0.25, 0.3) is 5.69 Å². The second kappa shape index (κ2) is 9.01. The summed E-state index contributed by atoms with van der Waals surface area (Å²) in [4.78, 5) is 14.5. The van der Waals surface area contributed by atoms with E-state index in [0.717, 1.165) is 22.4 Å². The summed E-state index contributed by atoms with van der Waals surface area (Å²) >= 11 is 0. The molecule has 2 aromatic carbocycles. The third-order valence-electron chi connectivity index (χ3n) is 5.65. The number of piperidine rings is 1. The molecule has 160 valence electrons. The molecule has 1 aliphatic heterocycles. The quantitative estimate of drug-likeness (QED) is 0.640. The van der Waals surface area contributed by atoms with Crippen LogP contribution in [0.1, 0.15) is 35.1 Å². The number of aryl methyl sites for hydroxylation is 1. The van der Waals surface area contributed by atoms with Gasteiger partial charge in [0, 0.05) is 31.5 Å². The van der Waals surface area contributed by atoms with Crippen LogP contribution < -0.4 is 0 Å². The first-order chi connectivity index (χ1) is 15.5. The molecule has 0 aliphatic carbocycles. The first kappa shape index (κ1) is 21.2. The molecule has 1 aromatic heterocycles. The second-order valence-electron chi connectivity index (χ2n) is 7.90. The number of nitrogens with zero attached hydrogens (tertiary/aromatic N) is 6. The molecule has 0 atom stereocenters. The second-order valence-corrected chi connectivity index (χ2v) is 7.90. The molecule has 0 unspecified atom stereocenters. The SMILES string of the molecule is Cc1ccc(C#N)cc1C#CC1(O)CCN(C(=O)Cc2ccc(-n3cnnn3)cc2)CC1. The van der Waals surface area contributed by atoms with Crippen molar-refractivity contribution in [3.8, 4) is 23.6 Å². The van der Waals surface area contributed by atoms with Gasteiger partial charge in [0.15, 0.2) is 0 Å². The van der Waals surface area contributed by atoms with Crippen LogP contribution in [0.3, 0.4) is 0 Å². The zero-order chi connectivity index (χ0) is 22.6. The number of carbonyl (C=O) groups is 1. The number of hydrogen-bond donors (Lipinski definition) is 1. The fraction of sp³-hybridized carbons (Fsp3) is 0.292. The zero-order valence-corrected chi connectivity index (χ0v) is 17.7. The lowest BCUT2D eigenvalue weighted by Gasteiger charge is -2.35. The van der Waals surface area contributed by atoms with E-state index in [1.807, 2.05) is 37.3 Å². The standard InChI is InChI=1S/C24H22N6O2/c1-18-2-3-20(16-25)14-21(18)8-9-24(32)10-12-29(13-11-24)23(31)15-19-4-6-22(7-5-19)30-17-26-27-28-30/h2-7,14,17,32H,10-13,15H2,1H3. The van der Waals surface area contributed by atoms with Gasteiger partial charge in [-0.3, -0.25) is 4.79 Å². The van der Waals surface area contributed by atoms with Crippen molar-refractivity contribution in [1.29, 1.82) is 5.26 Å². The lowest BCUT2D eigenvalue weighted by molar-refractivity contribution is -0.133. The van der Waals surface area contributed by atoms with Crippen molar-refractivity contribution in [3.05, 3.63) is 71.0 Å². The fourth-order valence-corrected chi connectivity index (χ4v) is 3.59. The molecule has 1 saturated heterocycles. The lowest BCUT2D eigenvalue weighted by atomic mass is 9.91. The van der Waals surface area contributed by atoms with Gasteiger partial charge < -0.3 is 10.0 Å². The van der Waals surface area contributed by atoms with Gasteiger partial charge in [-0.05, 0) is 52.7 Å². The van der Waals surface area contributed by atoms with E-state index < -0.39 is 5.60 Å². The van der Waals surface area contributed by atoms with Gasteiger partial charge in [0.05, 0.1) is 23.7 Å². The average molecular weight is 426 g/mol. The van der Waals surface area contributed by atoms with Crippen LogP contribution in [0.4, 0.5) is 0 Å². The van der Waals surface area contributed by atoms with E-state index in [2.05, 4.69) is 33.4 Å². The molecule has 2 heterocycles. The minimum absolute atomic E-state index is 0.0211. The molecular weight excluding hydrogens is 404 g/mol. The van der Waals surface area contributed by atoms with Gasteiger partial charge in [-0.2, -0.15) is 5.26 Å². The summed E-state index contributed by atoms with van der Waals surface area (Å²) in [6.45, 7) is 2.82. The highest BCUT2D eigenvalue weighted by Gasteiger charge is 2.32. The molecule has 1 aliphatic rings. The van der Waals surface area contributed by atoms with Gasteiger partial charge in [-0.15, -0.1) is 5.10 Å². The number of nitriles is 1. The molecule has 0 saturated carbocycles. The van der Waals surface area contributed by atoms with Crippen LogP contribution in [0.15, 0.2) is 48.8 Å². The van der Waals surface area contributed by atoms with E-state index in [-0.39, 0.29) is 5.91 Å². The Balaban J connectivity index is 1.35. The Bertz CT molecular complexity index is 1210. The van der Waals surface area contributed by atoms with E-state index in [9.17, 15) is 9.90 Å². The van der Waals surface area contributed by atoms with Crippen LogP contribution in [-0.4, -0.2) is 54.8 Å². The number of rotatable bonds is 3. The molecule has 0 spiro atoms. The zero-order valence-electron chi connectivity index (χ0n) is 17.7. The molecule has 3 aromatic rings. The molecule has 1 N–H and O–H groups in total. The molecule has 8 nitrogen and oxygen atoms in total. The maximum atomic E-state index is 12.7. The Morgan fingerprint density at radius 1 is 1.19 bits per heavy atom. The number of aliphatic hydroxyl groups is 1. The average Bonchev–Trinajstić information content (AvgIpc) is 3.34. The van der Waals surface area contributed by atoms with E-state index in [1.54, 1.807) is 21.7 Å². The number of benzene rings is 2. The highest BCUT2D eigenvalue weighted by Crippen LogP contribution is 2.23. The van der Waals surface area contributed by atoms with Crippen LogP contribution in [0.2, 0.25) is 0 Å². The van der Waals surface area contributed by atoms with Gasteiger partial charge in [0.1, 0.15) is 11.9 Å². The van der Waals surface area contributed by atoms with Crippen molar-refractivity contribution in [2.75, 3.05) is 13.1 Å². The number of likely N-dealkylation sites (tertiary alicyclic amines) is 1. The highest BCUT2D eigenvalue weighted by molar-refractivity contribution is 5.79. The third-order valence-corrected chi connectivity index (χ3v) is 5.65. The molecule has 1 fully saturated rings. The Hall–Kier alpha value is -4.01. The van der Waals surface area contributed by atoms with Crippen molar-refractivity contribution in [2.24, 2.45) is 0 Å². The van der Waals surface area contributed by atoms with Crippen molar-refractivity contribution in [1.82, 2.24) is 25.1 Å². The summed E-state index contributed by atoms with van der Waals surface area (Å²) < 4.78 is 1.55. The first-order valence-corrected chi connectivity index (χ1v) is 10.3. The Morgan fingerprint density at radius 3 is 2.59 bits per heavy atom. The number of tetrazole rings is 1. The van der Waals surface area contributed by atoms with E-state index >= 15 is 0 Å². The molecule has 32 heavy (non-hydrogen) atoms. The summed E-state index contributed by atoms with van der Waals surface area (Å²) in [5, 5.41) is 31.0. The van der Waals surface area contributed by atoms with Crippen LogP contribution >= 0.6 is 0 Å². The molecule has 0 bridgehead atoms. The van der Waals surface area contributed by atoms with Gasteiger partial charge in [0.25, 0.3) is 0 Å². The van der Waals surface area contributed by atoms with Gasteiger partial charge >= 0.3 is 0 Å². The summed E-state index contributed by atoms with van der Waals surface area (Å²) in [7, 11) is 0.